The second kappa shape index (κ2) is 4.33. The van der Waals surface area contributed by atoms with Crippen LogP contribution >= 0.6 is 23.4 Å². The monoisotopic (exact) mass is 241 g/mol. The van der Waals surface area contributed by atoms with Gasteiger partial charge in [-0.05, 0) is 36.4 Å². The highest BCUT2D eigenvalue weighted by atomic mass is 35.5. The van der Waals surface area contributed by atoms with E-state index in [0.717, 1.165) is 23.7 Å². The standard InChI is InChI=1S/C10H12ClN3S/c1-15-10(12)13-14-5-4-7-6-8(11)2-3-9(7)14/h2-3,6H,4-5H2,1H3,(H2,12,13). The molecule has 1 aromatic rings. The minimum absolute atomic E-state index is 0.581. The molecule has 0 spiro atoms. The first-order valence-corrected chi connectivity index (χ1v) is 6.25. The highest BCUT2D eigenvalue weighted by Gasteiger charge is 2.18. The summed E-state index contributed by atoms with van der Waals surface area (Å²) in [6.07, 6.45) is 2.89. The van der Waals surface area contributed by atoms with E-state index >= 15 is 0 Å². The SMILES string of the molecule is CSC(N)=NN1CCc2cc(Cl)ccc21. The van der Waals surface area contributed by atoms with Crippen LogP contribution in [0.15, 0.2) is 23.3 Å². The molecule has 0 saturated heterocycles. The largest absolute Gasteiger partial charge is 0.377 e. The van der Waals surface area contributed by atoms with Crippen LogP contribution in [-0.4, -0.2) is 18.0 Å². The number of nitrogens with two attached hydrogens (primary N) is 1. The first kappa shape index (κ1) is 10.6. The zero-order chi connectivity index (χ0) is 10.8. The van der Waals surface area contributed by atoms with Gasteiger partial charge in [0, 0.05) is 11.6 Å². The number of anilines is 1. The Morgan fingerprint density at radius 1 is 1.60 bits per heavy atom. The van der Waals surface area contributed by atoms with E-state index in [4.69, 9.17) is 17.3 Å². The van der Waals surface area contributed by atoms with E-state index < -0.39 is 0 Å². The minimum atomic E-state index is 0.581. The van der Waals surface area contributed by atoms with Crippen LogP contribution in [0.4, 0.5) is 5.69 Å². The lowest BCUT2D eigenvalue weighted by Gasteiger charge is -2.13. The Morgan fingerprint density at radius 3 is 3.13 bits per heavy atom. The van der Waals surface area contributed by atoms with Crippen molar-refractivity contribution in [2.24, 2.45) is 10.8 Å². The second-order valence-corrected chi connectivity index (χ2v) is 4.55. The lowest BCUT2D eigenvalue weighted by atomic mass is 10.2. The molecule has 0 unspecified atom stereocenters. The van der Waals surface area contributed by atoms with E-state index in [1.807, 2.05) is 29.5 Å². The zero-order valence-electron chi connectivity index (χ0n) is 8.40. The molecule has 1 heterocycles. The number of hydrogen-bond acceptors (Lipinski definition) is 3. The number of hydrogen-bond donors (Lipinski definition) is 1. The van der Waals surface area contributed by atoms with Crippen LogP contribution in [-0.2, 0) is 6.42 Å². The van der Waals surface area contributed by atoms with E-state index in [1.165, 1.54) is 17.3 Å². The molecule has 0 radical (unpaired) electrons. The topological polar surface area (TPSA) is 41.6 Å². The van der Waals surface area contributed by atoms with Gasteiger partial charge >= 0.3 is 0 Å². The lowest BCUT2D eigenvalue weighted by molar-refractivity contribution is 0.893. The molecule has 1 aromatic carbocycles. The molecule has 0 atom stereocenters. The van der Waals surface area contributed by atoms with Crippen molar-refractivity contribution in [1.29, 1.82) is 0 Å². The van der Waals surface area contributed by atoms with Crippen LogP contribution in [0.25, 0.3) is 0 Å². The molecule has 80 valence electrons. The van der Waals surface area contributed by atoms with Gasteiger partial charge in [0.25, 0.3) is 0 Å². The number of thioether (sulfide) groups is 1. The fourth-order valence-electron chi connectivity index (χ4n) is 1.62. The fourth-order valence-corrected chi connectivity index (χ4v) is 1.99. The summed E-state index contributed by atoms with van der Waals surface area (Å²) in [6.45, 7) is 0.872. The molecule has 3 nitrogen and oxygen atoms in total. The average molecular weight is 242 g/mol. The molecule has 15 heavy (non-hydrogen) atoms. The second-order valence-electron chi connectivity index (χ2n) is 3.29. The van der Waals surface area contributed by atoms with Gasteiger partial charge in [-0.2, -0.15) is 0 Å². The fraction of sp³-hybridized carbons (Fsp3) is 0.300. The van der Waals surface area contributed by atoms with E-state index in [1.54, 1.807) is 0 Å². The predicted molar refractivity (Wildman–Crippen MR) is 67.6 cm³/mol. The number of fused-ring (bicyclic) bond motifs is 1. The first-order valence-electron chi connectivity index (χ1n) is 4.65. The number of hydrazone groups is 1. The highest BCUT2D eigenvalue weighted by molar-refractivity contribution is 8.13. The molecule has 0 fully saturated rings. The molecule has 0 aliphatic carbocycles. The van der Waals surface area contributed by atoms with Gasteiger partial charge in [0.05, 0.1) is 5.69 Å². The molecule has 5 heteroatoms. The van der Waals surface area contributed by atoms with E-state index in [-0.39, 0.29) is 0 Å². The Bertz CT molecular complexity index is 406. The third-order valence-electron chi connectivity index (χ3n) is 2.34. The molecule has 0 amide bonds. The van der Waals surface area contributed by atoms with E-state index in [9.17, 15) is 0 Å². The maximum Gasteiger partial charge on any atom is 0.178 e. The van der Waals surface area contributed by atoms with Crippen molar-refractivity contribution in [3.05, 3.63) is 28.8 Å². The summed E-state index contributed by atoms with van der Waals surface area (Å²) in [5.74, 6) is 0. The smallest absolute Gasteiger partial charge is 0.178 e. The number of benzene rings is 1. The van der Waals surface area contributed by atoms with Gasteiger partial charge in [-0.15, -0.1) is 5.10 Å². The van der Waals surface area contributed by atoms with Crippen molar-refractivity contribution in [3.8, 4) is 0 Å². The Labute approximate surface area is 98.3 Å². The quantitative estimate of drug-likeness (QED) is 0.606. The van der Waals surface area contributed by atoms with E-state index in [0.29, 0.717) is 5.17 Å². The van der Waals surface area contributed by atoms with Gasteiger partial charge in [0.2, 0.25) is 0 Å². The van der Waals surface area contributed by atoms with Crippen molar-refractivity contribution in [2.45, 2.75) is 6.42 Å². The third kappa shape index (κ3) is 2.21. The van der Waals surface area contributed by atoms with Gasteiger partial charge in [-0.3, -0.25) is 5.01 Å². The van der Waals surface area contributed by atoms with Crippen LogP contribution in [0.3, 0.4) is 0 Å². The van der Waals surface area contributed by atoms with Crippen LogP contribution < -0.4 is 10.7 Å². The number of amidine groups is 1. The maximum absolute atomic E-state index is 5.92. The summed E-state index contributed by atoms with van der Waals surface area (Å²) in [4.78, 5) is 0. The Balaban J connectivity index is 2.29. The van der Waals surface area contributed by atoms with Gasteiger partial charge in [-0.1, -0.05) is 23.4 Å². The minimum Gasteiger partial charge on any atom is -0.377 e. The van der Waals surface area contributed by atoms with Crippen molar-refractivity contribution in [3.63, 3.8) is 0 Å². The van der Waals surface area contributed by atoms with Gasteiger partial charge in [-0.25, -0.2) is 0 Å². The molecular weight excluding hydrogens is 230 g/mol. The summed E-state index contributed by atoms with van der Waals surface area (Å²) < 4.78 is 0. The molecular formula is C10H12ClN3S. The first-order chi connectivity index (χ1) is 7.20. The molecule has 0 bridgehead atoms. The molecule has 2 rings (SSSR count). The lowest BCUT2D eigenvalue weighted by Crippen LogP contribution is -2.18. The van der Waals surface area contributed by atoms with Crippen molar-refractivity contribution < 1.29 is 0 Å². The van der Waals surface area contributed by atoms with Crippen LogP contribution in [0.2, 0.25) is 5.02 Å². The normalized spacial score (nSPS) is 15.6. The van der Waals surface area contributed by atoms with Crippen LogP contribution in [0.5, 0.6) is 0 Å². The number of rotatable bonds is 1. The van der Waals surface area contributed by atoms with Gasteiger partial charge in [0.1, 0.15) is 0 Å². The highest BCUT2D eigenvalue weighted by Crippen LogP contribution is 2.30. The summed E-state index contributed by atoms with van der Waals surface area (Å²) in [5.41, 5.74) is 8.03. The Morgan fingerprint density at radius 2 is 2.40 bits per heavy atom. The summed E-state index contributed by atoms with van der Waals surface area (Å²) in [6, 6.07) is 5.85. The van der Waals surface area contributed by atoms with Crippen LogP contribution in [0.1, 0.15) is 5.56 Å². The predicted octanol–water partition coefficient (Wildman–Crippen LogP) is 2.30. The molecule has 1 aliphatic rings. The van der Waals surface area contributed by atoms with Crippen molar-refractivity contribution in [1.82, 2.24) is 0 Å². The molecule has 0 saturated carbocycles. The Kier molecular flexibility index (Phi) is 3.07. The maximum atomic E-state index is 5.92. The summed E-state index contributed by atoms with van der Waals surface area (Å²) >= 11 is 7.37. The number of nitrogens with zero attached hydrogens (tertiary/aromatic N) is 2. The zero-order valence-corrected chi connectivity index (χ0v) is 9.98. The number of halogens is 1. The van der Waals surface area contributed by atoms with Gasteiger partial charge in [0.15, 0.2) is 5.17 Å². The molecule has 1 aliphatic heterocycles. The summed E-state index contributed by atoms with van der Waals surface area (Å²) in [7, 11) is 0. The van der Waals surface area contributed by atoms with E-state index in [2.05, 4.69) is 5.10 Å². The molecule has 2 N–H and O–H groups in total. The van der Waals surface area contributed by atoms with Crippen molar-refractivity contribution >= 4 is 34.2 Å². The Hall–Kier alpha value is -0.870. The molecule has 0 aromatic heterocycles. The summed E-state index contributed by atoms with van der Waals surface area (Å²) in [5, 5.41) is 7.60. The van der Waals surface area contributed by atoms with Crippen LogP contribution in [0, 0.1) is 0 Å². The average Bonchev–Trinajstić information content (AvgIpc) is 2.60. The third-order valence-corrected chi connectivity index (χ3v) is 3.08. The van der Waals surface area contributed by atoms with Gasteiger partial charge < -0.3 is 5.73 Å². The van der Waals surface area contributed by atoms with Crippen molar-refractivity contribution in [2.75, 3.05) is 17.8 Å².